The Morgan fingerprint density at radius 1 is 1.07 bits per heavy atom. The van der Waals surface area contributed by atoms with Gasteiger partial charge in [-0.1, -0.05) is 11.6 Å². The highest BCUT2D eigenvalue weighted by Gasteiger charge is 2.00. The standard InChI is InChI=1S/C11H8Cl2N2/c12-4-8-3-10(6-14-5-8)9-1-2-11(13)15-7-9/h1-3,5-7H,4H2. The van der Waals surface area contributed by atoms with Crippen LogP contribution in [0.3, 0.4) is 0 Å². The fourth-order valence-electron chi connectivity index (χ4n) is 1.27. The molecule has 2 rings (SSSR count). The van der Waals surface area contributed by atoms with Crippen molar-refractivity contribution >= 4 is 23.2 Å². The zero-order valence-corrected chi connectivity index (χ0v) is 9.33. The summed E-state index contributed by atoms with van der Waals surface area (Å²) in [6.07, 6.45) is 5.25. The lowest BCUT2D eigenvalue weighted by Gasteiger charge is -2.02. The molecule has 0 atom stereocenters. The molecule has 76 valence electrons. The van der Waals surface area contributed by atoms with Crippen molar-refractivity contribution in [3.63, 3.8) is 0 Å². The van der Waals surface area contributed by atoms with E-state index in [4.69, 9.17) is 23.2 Å². The van der Waals surface area contributed by atoms with Crippen molar-refractivity contribution in [3.8, 4) is 11.1 Å². The smallest absolute Gasteiger partial charge is 0.129 e. The Bertz CT molecular complexity index is 454. The van der Waals surface area contributed by atoms with E-state index >= 15 is 0 Å². The number of rotatable bonds is 2. The van der Waals surface area contributed by atoms with E-state index < -0.39 is 0 Å². The molecule has 0 aromatic carbocycles. The maximum atomic E-state index is 5.73. The summed E-state index contributed by atoms with van der Waals surface area (Å²) in [6.45, 7) is 0. The molecule has 0 N–H and O–H groups in total. The highest BCUT2D eigenvalue weighted by atomic mass is 35.5. The molecule has 4 heteroatoms. The number of hydrogen-bond donors (Lipinski definition) is 0. The predicted molar refractivity (Wildman–Crippen MR) is 62.0 cm³/mol. The first-order chi connectivity index (χ1) is 7.29. The Hall–Kier alpha value is -1.12. The van der Waals surface area contributed by atoms with Crippen LogP contribution in [-0.4, -0.2) is 9.97 Å². The van der Waals surface area contributed by atoms with E-state index in [9.17, 15) is 0 Å². The molecule has 0 spiro atoms. The summed E-state index contributed by atoms with van der Waals surface area (Å²) < 4.78 is 0. The van der Waals surface area contributed by atoms with Gasteiger partial charge in [0.1, 0.15) is 5.15 Å². The first kappa shape index (κ1) is 10.4. The van der Waals surface area contributed by atoms with Crippen LogP contribution >= 0.6 is 23.2 Å². The quantitative estimate of drug-likeness (QED) is 0.591. The Morgan fingerprint density at radius 3 is 2.60 bits per heavy atom. The van der Waals surface area contributed by atoms with E-state index in [1.165, 1.54) is 0 Å². The van der Waals surface area contributed by atoms with Gasteiger partial charge >= 0.3 is 0 Å². The van der Waals surface area contributed by atoms with Crippen molar-refractivity contribution in [1.82, 2.24) is 9.97 Å². The van der Waals surface area contributed by atoms with Crippen molar-refractivity contribution in [1.29, 1.82) is 0 Å². The summed E-state index contributed by atoms with van der Waals surface area (Å²) in [7, 11) is 0. The van der Waals surface area contributed by atoms with E-state index in [0.717, 1.165) is 16.7 Å². The number of halogens is 2. The molecule has 2 heterocycles. The molecule has 0 aliphatic rings. The number of alkyl halides is 1. The average molecular weight is 239 g/mol. The molecule has 0 bridgehead atoms. The van der Waals surface area contributed by atoms with Gasteiger partial charge in [0.05, 0.1) is 0 Å². The topological polar surface area (TPSA) is 25.8 Å². The average Bonchev–Trinajstić information content (AvgIpc) is 2.30. The summed E-state index contributed by atoms with van der Waals surface area (Å²) in [5.74, 6) is 0.460. The molecule has 0 aliphatic heterocycles. The molecule has 2 aromatic heterocycles. The SMILES string of the molecule is ClCc1cncc(-c2ccc(Cl)nc2)c1. The molecular weight excluding hydrogens is 231 g/mol. The Balaban J connectivity index is 2.40. The van der Waals surface area contributed by atoms with Crippen molar-refractivity contribution in [3.05, 3.63) is 47.5 Å². The van der Waals surface area contributed by atoms with Crippen LogP contribution in [0.2, 0.25) is 5.15 Å². The molecule has 0 saturated heterocycles. The van der Waals surface area contributed by atoms with Gasteiger partial charge in [0, 0.05) is 35.6 Å². The van der Waals surface area contributed by atoms with Gasteiger partial charge in [0.25, 0.3) is 0 Å². The third kappa shape index (κ3) is 2.46. The minimum Gasteiger partial charge on any atom is -0.264 e. The van der Waals surface area contributed by atoms with Crippen molar-refractivity contribution < 1.29 is 0 Å². The van der Waals surface area contributed by atoms with Gasteiger partial charge in [-0.3, -0.25) is 4.98 Å². The van der Waals surface area contributed by atoms with Gasteiger partial charge in [-0.15, -0.1) is 11.6 Å². The van der Waals surface area contributed by atoms with Gasteiger partial charge in [0.15, 0.2) is 0 Å². The van der Waals surface area contributed by atoms with Crippen molar-refractivity contribution in [2.24, 2.45) is 0 Å². The molecule has 0 radical (unpaired) electrons. The van der Waals surface area contributed by atoms with Crippen molar-refractivity contribution in [2.45, 2.75) is 5.88 Å². The fourth-order valence-corrected chi connectivity index (χ4v) is 1.52. The second-order valence-electron chi connectivity index (χ2n) is 3.09. The zero-order chi connectivity index (χ0) is 10.7. The molecular formula is C11H8Cl2N2. The van der Waals surface area contributed by atoms with Crippen LogP contribution in [0.5, 0.6) is 0 Å². The van der Waals surface area contributed by atoms with Gasteiger partial charge < -0.3 is 0 Å². The van der Waals surface area contributed by atoms with E-state index in [0.29, 0.717) is 11.0 Å². The predicted octanol–water partition coefficient (Wildman–Crippen LogP) is 3.54. The summed E-state index contributed by atoms with van der Waals surface area (Å²) >= 11 is 11.4. The monoisotopic (exact) mass is 238 g/mol. The molecule has 0 unspecified atom stereocenters. The van der Waals surface area contributed by atoms with Crippen LogP contribution in [-0.2, 0) is 5.88 Å². The lowest BCUT2D eigenvalue weighted by atomic mass is 10.1. The Morgan fingerprint density at radius 2 is 1.93 bits per heavy atom. The van der Waals surface area contributed by atoms with E-state index in [1.54, 1.807) is 24.7 Å². The van der Waals surface area contributed by atoms with Crippen LogP contribution < -0.4 is 0 Å². The van der Waals surface area contributed by atoms with Gasteiger partial charge in [-0.05, 0) is 23.8 Å². The lowest BCUT2D eigenvalue weighted by Crippen LogP contribution is -1.85. The fraction of sp³-hybridized carbons (Fsp3) is 0.0909. The number of nitrogens with zero attached hydrogens (tertiary/aromatic N) is 2. The number of hydrogen-bond acceptors (Lipinski definition) is 2. The molecule has 0 amide bonds. The van der Waals surface area contributed by atoms with Crippen LogP contribution in [0.25, 0.3) is 11.1 Å². The Kier molecular flexibility index (Phi) is 3.19. The maximum Gasteiger partial charge on any atom is 0.129 e. The molecule has 0 fully saturated rings. The highest BCUT2D eigenvalue weighted by molar-refractivity contribution is 6.29. The maximum absolute atomic E-state index is 5.73. The zero-order valence-electron chi connectivity index (χ0n) is 7.82. The summed E-state index contributed by atoms with van der Waals surface area (Å²) in [5, 5.41) is 0.486. The van der Waals surface area contributed by atoms with Crippen LogP contribution in [0, 0.1) is 0 Å². The minimum atomic E-state index is 0.460. The summed E-state index contributed by atoms with van der Waals surface area (Å²) in [4.78, 5) is 8.12. The van der Waals surface area contributed by atoms with Crippen LogP contribution in [0.1, 0.15) is 5.56 Å². The largest absolute Gasteiger partial charge is 0.264 e. The second-order valence-corrected chi connectivity index (χ2v) is 3.74. The molecule has 2 aromatic rings. The van der Waals surface area contributed by atoms with E-state index in [-0.39, 0.29) is 0 Å². The highest BCUT2D eigenvalue weighted by Crippen LogP contribution is 2.20. The molecule has 15 heavy (non-hydrogen) atoms. The van der Waals surface area contributed by atoms with Crippen LogP contribution in [0.4, 0.5) is 0 Å². The van der Waals surface area contributed by atoms with Gasteiger partial charge in [0.2, 0.25) is 0 Å². The lowest BCUT2D eigenvalue weighted by molar-refractivity contribution is 1.24. The van der Waals surface area contributed by atoms with Gasteiger partial charge in [-0.2, -0.15) is 0 Å². The first-order valence-electron chi connectivity index (χ1n) is 4.41. The number of pyridine rings is 2. The molecule has 0 aliphatic carbocycles. The third-order valence-electron chi connectivity index (χ3n) is 2.01. The Labute approximate surface area is 97.9 Å². The normalized spacial score (nSPS) is 10.3. The second kappa shape index (κ2) is 4.60. The summed E-state index contributed by atoms with van der Waals surface area (Å²) in [5.41, 5.74) is 2.97. The van der Waals surface area contributed by atoms with E-state index in [1.807, 2.05) is 12.1 Å². The third-order valence-corrected chi connectivity index (χ3v) is 2.54. The first-order valence-corrected chi connectivity index (χ1v) is 5.32. The number of aromatic nitrogens is 2. The van der Waals surface area contributed by atoms with Gasteiger partial charge in [-0.25, -0.2) is 4.98 Å². The minimum absolute atomic E-state index is 0.460. The van der Waals surface area contributed by atoms with Crippen molar-refractivity contribution in [2.75, 3.05) is 0 Å². The van der Waals surface area contributed by atoms with E-state index in [2.05, 4.69) is 9.97 Å². The molecule has 2 nitrogen and oxygen atoms in total. The molecule has 0 saturated carbocycles. The van der Waals surface area contributed by atoms with Crippen LogP contribution in [0.15, 0.2) is 36.8 Å². The summed E-state index contributed by atoms with van der Waals surface area (Å²) in [6, 6.07) is 5.65.